The molecule has 0 heterocycles. The second kappa shape index (κ2) is 9.54. The van der Waals surface area contributed by atoms with Crippen molar-refractivity contribution >= 4 is 32.6 Å². The van der Waals surface area contributed by atoms with E-state index in [-0.39, 0.29) is 24.7 Å². The first-order chi connectivity index (χ1) is 12.9. The molecule has 2 aromatic rings. The summed E-state index contributed by atoms with van der Waals surface area (Å²) < 4.78 is 32.7. The zero-order chi connectivity index (χ0) is 19.9. The van der Waals surface area contributed by atoms with Crippen LogP contribution in [-0.4, -0.2) is 60.0 Å². The molecule has 0 spiro atoms. The van der Waals surface area contributed by atoms with Gasteiger partial charge < -0.3 is 20.1 Å². The van der Waals surface area contributed by atoms with Crippen molar-refractivity contribution in [3.63, 3.8) is 0 Å². The SMILES string of the molecule is CN(C)c1cccc2c(S(=O)(=O)NCCOC(=O)NCCCO)cccc12. The maximum Gasteiger partial charge on any atom is 0.407 e. The van der Waals surface area contributed by atoms with Gasteiger partial charge in [0.15, 0.2) is 0 Å². The summed E-state index contributed by atoms with van der Waals surface area (Å²) in [6.07, 6.45) is -0.221. The molecule has 0 saturated carbocycles. The van der Waals surface area contributed by atoms with Gasteiger partial charge in [0, 0.05) is 50.3 Å². The van der Waals surface area contributed by atoms with Gasteiger partial charge in [-0.2, -0.15) is 0 Å². The predicted octanol–water partition coefficient (Wildman–Crippen LogP) is 1.29. The summed E-state index contributed by atoms with van der Waals surface area (Å²) in [7, 11) is 0.0384. The third-order valence-corrected chi connectivity index (χ3v) is 5.38. The van der Waals surface area contributed by atoms with E-state index < -0.39 is 16.1 Å². The van der Waals surface area contributed by atoms with Crippen molar-refractivity contribution in [3.05, 3.63) is 36.4 Å². The molecule has 27 heavy (non-hydrogen) atoms. The third-order valence-electron chi connectivity index (χ3n) is 3.86. The first-order valence-electron chi connectivity index (χ1n) is 8.57. The Kier molecular flexibility index (Phi) is 7.40. The summed E-state index contributed by atoms with van der Waals surface area (Å²) in [6.45, 7) is 0.128. The maximum absolute atomic E-state index is 12.7. The Morgan fingerprint density at radius 1 is 1.11 bits per heavy atom. The van der Waals surface area contributed by atoms with Crippen LogP contribution in [0, 0.1) is 0 Å². The summed E-state index contributed by atoms with van der Waals surface area (Å²) in [5.74, 6) is 0. The normalized spacial score (nSPS) is 11.4. The molecular weight excluding hydrogens is 370 g/mol. The molecule has 0 bridgehead atoms. The highest BCUT2D eigenvalue weighted by atomic mass is 32.2. The zero-order valence-electron chi connectivity index (χ0n) is 15.4. The average molecular weight is 395 g/mol. The number of aliphatic hydroxyl groups is 1. The fourth-order valence-corrected chi connectivity index (χ4v) is 3.84. The minimum Gasteiger partial charge on any atom is -0.448 e. The van der Waals surface area contributed by atoms with E-state index in [0.29, 0.717) is 18.4 Å². The largest absolute Gasteiger partial charge is 0.448 e. The number of hydrogen-bond donors (Lipinski definition) is 3. The van der Waals surface area contributed by atoms with Gasteiger partial charge in [-0.25, -0.2) is 17.9 Å². The van der Waals surface area contributed by atoms with Crippen LogP contribution >= 0.6 is 0 Å². The van der Waals surface area contributed by atoms with Gasteiger partial charge >= 0.3 is 6.09 Å². The first kappa shape index (κ1) is 20.9. The Morgan fingerprint density at radius 3 is 2.52 bits per heavy atom. The molecule has 0 atom stereocenters. The Morgan fingerprint density at radius 2 is 1.81 bits per heavy atom. The van der Waals surface area contributed by atoms with E-state index in [2.05, 4.69) is 10.0 Å². The van der Waals surface area contributed by atoms with Crippen LogP contribution in [0.4, 0.5) is 10.5 Å². The second-order valence-electron chi connectivity index (χ2n) is 6.06. The number of carbonyl (C=O) groups excluding carboxylic acids is 1. The molecule has 0 fully saturated rings. The molecule has 1 amide bonds. The molecule has 0 aliphatic rings. The van der Waals surface area contributed by atoms with Crippen LogP contribution in [0.15, 0.2) is 41.3 Å². The quantitative estimate of drug-likeness (QED) is 0.552. The van der Waals surface area contributed by atoms with Gasteiger partial charge in [0.25, 0.3) is 0 Å². The average Bonchev–Trinajstić information content (AvgIpc) is 2.64. The smallest absolute Gasteiger partial charge is 0.407 e. The summed E-state index contributed by atoms with van der Waals surface area (Å²) in [4.78, 5) is 13.5. The van der Waals surface area contributed by atoms with E-state index >= 15 is 0 Å². The first-order valence-corrected chi connectivity index (χ1v) is 10.1. The van der Waals surface area contributed by atoms with Crippen molar-refractivity contribution in [2.75, 3.05) is 45.3 Å². The number of anilines is 1. The molecule has 2 rings (SSSR count). The topological polar surface area (TPSA) is 108 Å². The number of sulfonamides is 1. The molecule has 148 valence electrons. The fourth-order valence-electron chi connectivity index (χ4n) is 2.61. The molecule has 2 aromatic carbocycles. The van der Waals surface area contributed by atoms with Crippen molar-refractivity contribution in [1.82, 2.24) is 10.0 Å². The van der Waals surface area contributed by atoms with Gasteiger partial charge in [-0.3, -0.25) is 0 Å². The number of amides is 1. The lowest BCUT2D eigenvalue weighted by atomic mass is 10.1. The number of ether oxygens (including phenoxy) is 1. The number of benzene rings is 2. The van der Waals surface area contributed by atoms with Crippen LogP contribution < -0.4 is 14.9 Å². The lowest BCUT2D eigenvalue weighted by Gasteiger charge is -2.17. The molecule has 8 nitrogen and oxygen atoms in total. The highest BCUT2D eigenvalue weighted by Crippen LogP contribution is 2.29. The van der Waals surface area contributed by atoms with Crippen LogP contribution in [0.3, 0.4) is 0 Å². The Labute approximate surface area is 159 Å². The Hall–Kier alpha value is -2.36. The van der Waals surface area contributed by atoms with E-state index in [4.69, 9.17) is 9.84 Å². The standard InChI is InChI=1S/C18H25N3O5S/c1-21(2)16-8-3-7-15-14(16)6-4-9-17(15)27(24,25)20-11-13-26-18(23)19-10-5-12-22/h3-4,6-9,20,22H,5,10-13H2,1-2H3,(H,19,23). The van der Waals surface area contributed by atoms with Crippen LogP contribution in [0.2, 0.25) is 0 Å². The highest BCUT2D eigenvalue weighted by Gasteiger charge is 2.18. The van der Waals surface area contributed by atoms with E-state index in [1.807, 2.05) is 37.2 Å². The van der Waals surface area contributed by atoms with Gasteiger partial charge in [-0.05, 0) is 18.6 Å². The Balaban J connectivity index is 2.05. The third kappa shape index (κ3) is 5.56. The summed E-state index contributed by atoms with van der Waals surface area (Å²) >= 11 is 0. The number of nitrogens with zero attached hydrogens (tertiary/aromatic N) is 1. The lowest BCUT2D eigenvalue weighted by molar-refractivity contribution is 0.147. The number of hydrogen-bond acceptors (Lipinski definition) is 6. The second-order valence-corrected chi connectivity index (χ2v) is 7.80. The van der Waals surface area contributed by atoms with E-state index in [1.54, 1.807) is 18.2 Å². The summed E-state index contributed by atoms with van der Waals surface area (Å²) in [5, 5.41) is 12.6. The van der Waals surface area contributed by atoms with Gasteiger partial charge in [0.2, 0.25) is 10.0 Å². The minimum absolute atomic E-state index is 0.0271. The monoisotopic (exact) mass is 395 g/mol. The van der Waals surface area contributed by atoms with E-state index in [0.717, 1.165) is 11.1 Å². The number of carbonyl (C=O) groups is 1. The molecule has 0 saturated heterocycles. The van der Waals surface area contributed by atoms with Crippen molar-refractivity contribution in [1.29, 1.82) is 0 Å². The molecular formula is C18H25N3O5S. The fraction of sp³-hybridized carbons (Fsp3) is 0.389. The molecule has 9 heteroatoms. The van der Waals surface area contributed by atoms with Gasteiger partial charge in [-0.1, -0.05) is 24.3 Å². The van der Waals surface area contributed by atoms with Crippen LogP contribution in [0.5, 0.6) is 0 Å². The Bertz CT molecular complexity index is 884. The molecule has 0 unspecified atom stereocenters. The van der Waals surface area contributed by atoms with Crippen molar-refractivity contribution < 1.29 is 23.1 Å². The van der Waals surface area contributed by atoms with Crippen LogP contribution in [0.25, 0.3) is 10.8 Å². The molecule has 0 aliphatic heterocycles. The van der Waals surface area contributed by atoms with Gasteiger partial charge in [0.1, 0.15) is 6.61 Å². The zero-order valence-corrected chi connectivity index (χ0v) is 16.3. The molecule has 0 radical (unpaired) electrons. The van der Waals surface area contributed by atoms with Crippen LogP contribution in [-0.2, 0) is 14.8 Å². The predicted molar refractivity (Wildman–Crippen MR) is 105 cm³/mol. The summed E-state index contributed by atoms with van der Waals surface area (Å²) in [5.41, 5.74) is 0.924. The van der Waals surface area contributed by atoms with Crippen molar-refractivity contribution in [3.8, 4) is 0 Å². The van der Waals surface area contributed by atoms with Crippen molar-refractivity contribution in [2.24, 2.45) is 0 Å². The molecule has 0 aliphatic carbocycles. The number of fused-ring (bicyclic) bond motifs is 1. The molecule has 0 aromatic heterocycles. The number of aliphatic hydroxyl groups excluding tert-OH is 1. The highest BCUT2D eigenvalue weighted by molar-refractivity contribution is 7.89. The van der Waals surface area contributed by atoms with E-state index in [1.165, 1.54) is 0 Å². The van der Waals surface area contributed by atoms with Crippen molar-refractivity contribution in [2.45, 2.75) is 11.3 Å². The maximum atomic E-state index is 12.7. The minimum atomic E-state index is -3.76. The summed E-state index contributed by atoms with van der Waals surface area (Å²) in [6, 6.07) is 10.6. The molecule has 3 N–H and O–H groups in total. The van der Waals surface area contributed by atoms with Crippen LogP contribution in [0.1, 0.15) is 6.42 Å². The number of rotatable bonds is 9. The number of alkyl carbamates (subject to hydrolysis) is 1. The number of nitrogens with one attached hydrogen (secondary N) is 2. The van der Waals surface area contributed by atoms with Gasteiger partial charge in [-0.15, -0.1) is 0 Å². The van der Waals surface area contributed by atoms with Gasteiger partial charge in [0.05, 0.1) is 4.90 Å². The van der Waals surface area contributed by atoms with E-state index in [9.17, 15) is 13.2 Å². The lowest BCUT2D eigenvalue weighted by Crippen LogP contribution is -2.31.